The third-order valence-electron chi connectivity index (χ3n) is 20.9. The summed E-state index contributed by atoms with van der Waals surface area (Å²) in [6.07, 6.45) is -4.91. The number of hydrogen-bond donors (Lipinski definition) is 21. The Bertz CT molecular complexity index is 2640. The molecular weight excluding hydrogens is 2330 g/mol. The molecule has 4 heterocycles. The second-order valence-corrected chi connectivity index (χ2v) is 30.1. The summed E-state index contributed by atoms with van der Waals surface area (Å²) in [6.45, 7) is 0.538. The number of carbonyl (C=O) groups is 12. The summed E-state index contributed by atoms with van der Waals surface area (Å²) in [6, 6.07) is -3.23. The Morgan fingerprint density at radius 3 is 0.383 bits per heavy atom. The molecule has 0 aromatic carbocycles. The standard InChI is InChI=1S/4C18H34N4O9.2CH4.2Ca.Gd.I2.HI.Na/c4*23-12-14(15(25)13-24)22-7-5-20(10-17(28)29)3-1-19(9-16(26)27)2-4-21(6-8-22)11-18(30)31;;;;;;1-2;;/h4*14-15,23-25H,1-13H2,(H,26,27)(H,28,29)(H,30,31);2*1H4;;;;;1H;/q;;;;;;2*+2;+3;;;+1/p-3/t4*14-,15-;;;;;;;;/m1111......../s1. The molecule has 21 N–H and O–H groups in total. The minimum Gasteiger partial charge on any atom is -0.549 e. The van der Waals surface area contributed by atoms with Gasteiger partial charge in [0.15, 0.2) is 0 Å². The van der Waals surface area contributed by atoms with Gasteiger partial charge in [-0.1, -0.05) is 14.9 Å². The Morgan fingerprint density at radius 1 is 0.218 bits per heavy atom. The van der Waals surface area contributed by atoms with Crippen molar-refractivity contribution < 1.29 is 250 Å². The number of carboxylic acids is 12. The fraction of sp³-hybridized carbons (Fsp3) is 0.838. The summed E-state index contributed by atoms with van der Waals surface area (Å²) in [5.74, 6) is -13.2. The van der Waals surface area contributed by atoms with E-state index in [9.17, 15) is 160 Å². The van der Waals surface area contributed by atoms with Gasteiger partial charge < -0.3 is 137 Å². The van der Waals surface area contributed by atoms with Crippen LogP contribution in [0.3, 0.4) is 0 Å². The van der Waals surface area contributed by atoms with E-state index < -0.39 is 173 Å². The van der Waals surface area contributed by atoms with Gasteiger partial charge in [-0.25, -0.2) is 0 Å². The van der Waals surface area contributed by atoms with Crippen LogP contribution in [0.2, 0.25) is 0 Å². The molecule has 8 atom stereocenters. The maximum atomic E-state index is 11.2. The van der Waals surface area contributed by atoms with E-state index in [1.54, 1.807) is 78.4 Å². The molecule has 4 rings (SSSR count). The molecule has 0 amide bonds. The van der Waals surface area contributed by atoms with Crippen molar-refractivity contribution in [3.63, 3.8) is 0 Å². The van der Waals surface area contributed by atoms with Crippen molar-refractivity contribution in [2.75, 3.05) is 341 Å². The number of halogens is 3. The molecule has 4 fully saturated rings. The van der Waals surface area contributed by atoms with Gasteiger partial charge in [0.05, 0.1) is 178 Å². The van der Waals surface area contributed by atoms with Gasteiger partial charge in [-0.15, -0.1) is 24.0 Å². The Kier molecular flexibility index (Phi) is 97.9. The number of rotatable bonds is 40. The Hall–Kier alpha value is -0.446. The predicted molar refractivity (Wildman–Crippen MR) is 492 cm³/mol. The van der Waals surface area contributed by atoms with Crippen LogP contribution >= 0.6 is 61.2 Å². The summed E-state index contributed by atoms with van der Waals surface area (Å²) >= 11 is 4.24. The van der Waals surface area contributed by atoms with Crippen molar-refractivity contribution >= 4 is 208 Å². The zero-order valence-electron chi connectivity index (χ0n) is 74.0. The van der Waals surface area contributed by atoms with Crippen molar-refractivity contribution in [3.8, 4) is 0 Å². The summed E-state index contributed by atoms with van der Waals surface area (Å²) in [5, 5.41) is 232. The fourth-order valence-electron chi connectivity index (χ4n) is 14.1. The van der Waals surface area contributed by atoms with Crippen LogP contribution < -0.4 is 44.9 Å². The first-order valence-corrected chi connectivity index (χ1v) is 46.9. The molecule has 0 aromatic heterocycles. The van der Waals surface area contributed by atoms with Gasteiger partial charge in [0.1, 0.15) is 0 Å². The Morgan fingerprint density at radius 2 is 0.308 bits per heavy atom. The molecule has 763 valence electrons. The van der Waals surface area contributed by atoms with Gasteiger partial charge in [0.25, 0.3) is 0 Å². The number of nitrogens with zero attached hydrogens (tertiary/aromatic N) is 16. The molecule has 52 nitrogen and oxygen atoms in total. The van der Waals surface area contributed by atoms with E-state index >= 15 is 0 Å². The number of carbonyl (C=O) groups excluding carboxylic acids is 3. The normalized spacial score (nSPS) is 19.6. The number of hydrogen-bond acceptors (Lipinski definition) is 43. The fourth-order valence-corrected chi connectivity index (χ4v) is 14.1. The quantitative estimate of drug-likeness (QED) is 0.0200. The zero-order chi connectivity index (χ0) is 95.6. The summed E-state index contributed by atoms with van der Waals surface area (Å²) in [4.78, 5) is 160. The second-order valence-electron chi connectivity index (χ2n) is 30.1. The monoisotopic (exact) mass is 2470 g/mol. The van der Waals surface area contributed by atoms with E-state index in [-0.39, 0.29) is 472 Å². The second kappa shape index (κ2) is 88.1. The van der Waals surface area contributed by atoms with E-state index in [1.165, 1.54) is 0 Å². The summed E-state index contributed by atoms with van der Waals surface area (Å²) in [5.41, 5.74) is 0. The Labute approximate surface area is 929 Å². The van der Waals surface area contributed by atoms with E-state index in [1.807, 2.05) is 0 Å². The molecule has 0 bridgehead atoms. The molecule has 4 saturated heterocycles. The average molecular weight is 2470 g/mol. The molecule has 0 saturated carbocycles. The van der Waals surface area contributed by atoms with Crippen molar-refractivity contribution in [3.05, 3.63) is 0 Å². The van der Waals surface area contributed by atoms with Crippen molar-refractivity contribution in [1.82, 2.24) is 78.4 Å². The molecule has 0 spiro atoms. The third kappa shape index (κ3) is 71.6. The smallest absolute Gasteiger partial charge is 0.549 e. The molecule has 0 unspecified atom stereocenters. The molecule has 133 heavy (non-hydrogen) atoms. The number of carboxylic acid groups (broad SMARTS) is 12. The van der Waals surface area contributed by atoms with Crippen molar-refractivity contribution in [2.45, 2.75) is 63.4 Å². The molecule has 0 aromatic rings. The SMILES string of the molecule is C.C.I.II.O=C(O)CN1CCN(CC(=O)O)CCN([C@H](CO)[C@H](O)CO)CCN(CC(=O)O)CC1.O=C([O-])CN1CCN(CC(=O)O)CCN(CC(=O)O)CCN([C@H](CO)[C@H](O)CO)CC1.O=C([O-])CN1CCN(CC(=O)O)CCN(CC(=O)O)CCN([C@H](CO)[C@H](O)CO)CC1.O=C([O-])CN1CCN(CC(=O)O)CCN(CC(=O)O)CCN([C@H](CO)[C@H](O)CO)CC1.[Ca+2].[Ca+2].[Gd+3].[Na+]. The minimum atomic E-state index is -1.29. The predicted octanol–water partition coefficient (Wildman–Crippen LogP) is -19.4. The maximum Gasteiger partial charge on any atom is 3.00 e. The van der Waals surface area contributed by atoms with Gasteiger partial charge in [-0.2, -0.15) is 0 Å². The number of aliphatic carboxylic acids is 12. The Balaban J connectivity index is -0.000000255. The average Bonchev–Trinajstić information content (AvgIpc) is 0.883. The third-order valence-corrected chi connectivity index (χ3v) is 20.9. The first-order chi connectivity index (χ1) is 59.6. The van der Waals surface area contributed by atoms with E-state index in [0.29, 0.717) is 0 Å². The van der Waals surface area contributed by atoms with Crippen LogP contribution in [0, 0.1) is 39.9 Å². The van der Waals surface area contributed by atoms with Crippen LogP contribution in [0.25, 0.3) is 0 Å². The minimum absolute atomic E-state index is 0. The van der Waals surface area contributed by atoms with Gasteiger partial charge in [0.2, 0.25) is 0 Å². The van der Waals surface area contributed by atoms with E-state index in [4.69, 9.17) is 20.4 Å². The number of aliphatic hydroxyl groups excluding tert-OH is 12. The van der Waals surface area contributed by atoms with Gasteiger partial charge in [-0.05, 0) is 0 Å². The summed E-state index contributed by atoms with van der Waals surface area (Å²) < 4.78 is 0. The van der Waals surface area contributed by atoms with Crippen molar-refractivity contribution in [2.24, 2.45) is 0 Å². The van der Waals surface area contributed by atoms with Crippen LogP contribution in [0.1, 0.15) is 14.9 Å². The van der Waals surface area contributed by atoms with Crippen LogP contribution in [0.5, 0.6) is 0 Å². The topological polar surface area (TPSA) is 751 Å². The van der Waals surface area contributed by atoms with Crippen LogP contribution in [-0.2, 0) is 57.5 Å². The van der Waals surface area contributed by atoms with Crippen LogP contribution in [0.15, 0.2) is 0 Å². The molecule has 1 radical (unpaired) electrons. The van der Waals surface area contributed by atoms with E-state index in [2.05, 4.69) is 37.2 Å². The van der Waals surface area contributed by atoms with Crippen molar-refractivity contribution in [1.29, 1.82) is 0 Å². The van der Waals surface area contributed by atoms with Gasteiger partial charge >= 0.3 is 199 Å². The largest absolute Gasteiger partial charge is 3.00 e. The van der Waals surface area contributed by atoms with Crippen LogP contribution in [0.4, 0.5) is 0 Å². The molecule has 0 aliphatic carbocycles. The molecular formula is C74H142Ca2GdI3N16NaO36+5. The molecule has 4 aliphatic heterocycles. The summed E-state index contributed by atoms with van der Waals surface area (Å²) in [7, 11) is 0. The zero-order valence-corrected chi connectivity index (χ0v) is 89.3. The van der Waals surface area contributed by atoms with Gasteiger partial charge in [0, 0.05) is 266 Å². The van der Waals surface area contributed by atoms with E-state index in [0.717, 1.165) is 0 Å². The molecule has 4 aliphatic rings. The van der Waals surface area contributed by atoms with Crippen LogP contribution in [-0.4, -0.2) is 722 Å². The first-order valence-electron chi connectivity index (χ1n) is 40.6. The molecule has 59 heteroatoms. The van der Waals surface area contributed by atoms with Gasteiger partial charge in [-0.3, -0.25) is 122 Å². The maximum absolute atomic E-state index is 11.2. The number of aliphatic hydroxyl groups is 12. The first kappa shape index (κ1) is 148.